The molecule has 0 spiro atoms. The Morgan fingerprint density at radius 3 is 2.78 bits per heavy atom. The number of methoxy groups -OCH3 is 1. The van der Waals surface area contributed by atoms with Crippen LogP contribution in [0.4, 0.5) is 5.69 Å². The van der Waals surface area contributed by atoms with Gasteiger partial charge in [-0.25, -0.2) is 13.4 Å². The van der Waals surface area contributed by atoms with Crippen molar-refractivity contribution in [2.24, 2.45) is 0 Å². The number of aromatic amines is 1. The molecule has 11 heteroatoms. The lowest BCUT2D eigenvalue weighted by Crippen LogP contribution is -2.35. The van der Waals surface area contributed by atoms with Crippen LogP contribution < -0.4 is 10.1 Å². The SMILES string of the molecule is COc1ccc(NC(=O)CSc2ncn[nH]2)cc1S(=O)(=O)N1CCCCC1. The molecule has 27 heavy (non-hydrogen) atoms. The van der Waals surface area contributed by atoms with E-state index < -0.39 is 10.0 Å². The molecule has 9 nitrogen and oxygen atoms in total. The molecule has 146 valence electrons. The van der Waals surface area contributed by atoms with E-state index in [0.29, 0.717) is 23.9 Å². The summed E-state index contributed by atoms with van der Waals surface area (Å²) in [6.45, 7) is 0.992. The number of piperidine rings is 1. The minimum atomic E-state index is -3.68. The smallest absolute Gasteiger partial charge is 0.246 e. The fourth-order valence-electron chi connectivity index (χ4n) is 2.80. The number of ether oxygens (including phenoxy) is 1. The highest BCUT2D eigenvalue weighted by Crippen LogP contribution is 2.31. The highest BCUT2D eigenvalue weighted by atomic mass is 32.2. The Morgan fingerprint density at radius 1 is 1.33 bits per heavy atom. The number of nitrogens with one attached hydrogen (secondary N) is 2. The van der Waals surface area contributed by atoms with Gasteiger partial charge in [0.05, 0.1) is 12.9 Å². The van der Waals surface area contributed by atoms with Crippen LogP contribution in [0.15, 0.2) is 34.6 Å². The zero-order valence-electron chi connectivity index (χ0n) is 14.8. The number of anilines is 1. The number of nitrogens with zero attached hydrogens (tertiary/aromatic N) is 3. The zero-order chi connectivity index (χ0) is 19.3. The highest BCUT2D eigenvalue weighted by molar-refractivity contribution is 7.99. The van der Waals surface area contributed by atoms with Crippen LogP contribution in [0.1, 0.15) is 19.3 Å². The van der Waals surface area contributed by atoms with Crippen LogP contribution in [0.3, 0.4) is 0 Å². The number of carbonyl (C=O) groups is 1. The minimum Gasteiger partial charge on any atom is -0.495 e. The van der Waals surface area contributed by atoms with E-state index in [1.807, 2.05) is 0 Å². The number of amides is 1. The Kier molecular flexibility index (Phi) is 6.34. The van der Waals surface area contributed by atoms with Crippen molar-refractivity contribution in [2.75, 3.05) is 31.3 Å². The third-order valence-corrected chi connectivity index (χ3v) is 6.91. The summed E-state index contributed by atoms with van der Waals surface area (Å²) in [5.41, 5.74) is 0.398. The third-order valence-electron chi connectivity index (χ3n) is 4.11. The van der Waals surface area contributed by atoms with Crippen molar-refractivity contribution >= 4 is 33.4 Å². The van der Waals surface area contributed by atoms with Crippen LogP contribution in [0, 0.1) is 0 Å². The molecule has 0 atom stereocenters. The van der Waals surface area contributed by atoms with Crippen LogP contribution >= 0.6 is 11.8 Å². The summed E-state index contributed by atoms with van der Waals surface area (Å²) >= 11 is 1.20. The molecule has 1 aromatic heterocycles. The maximum absolute atomic E-state index is 13.0. The molecule has 0 bridgehead atoms. The van der Waals surface area contributed by atoms with Gasteiger partial charge < -0.3 is 10.1 Å². The van der Waals surface area contributed by atoms with E-state index >= 15 is 0 Å². The molecule has 1 amide bonds. The largest absolute Gasteiger partial charge is 0.495 e. The summed E-state index contributed by atoms with van der Waals surface area (Å²) in [6, 6.07) is 4.61. The van der Waals surface area contributed by atoms with Crippen molar-refractivity contribution in [3.63, 3.8) is 0 Å². The highest BCUT2D eigenvalue weighted by Gasteiger charge is 2.29. The van der Waals surface area contributed by atoms with Crippen LogP contribution in [-0.2, 0) is 14.8 Å². The van der Waals surface area contributed by atoms with E-state index in [4.69, 9.17) is 4.74 Å². The second-order valence-corrected chi connectivity index (χ2v) is 8.83. The fourth-order valence-corrected chi connectivity index (χ4v) is 5.07. The maximum atomic E-state index is 13.0. The second-order valence-electron chi connectivity index (χ2n) is 5.96. The van der Waals surface area contributed by atoms with Gasteiger partial charge >= 0.3 is 0 Å². The fraction of sp³-hybridized carbons (Fsp3) is 0.438. The molecule has 1 aliphatic heterocycles. The molecule has 0 saturated carbocycles. The van der Waals surface area contributed by atoms with Gasteiger partial charge in [-0.3, -0.25) is 9.89 Å². The number of benzene rings is 1. The summed E-state index contributed by atoms with van der Waals surface area (Å²) in [6.07, 6.45) is 4.08. The molecule has 2 heterocycles. The lowest BCUT2D eigenvalue weighted by Gasteiger charge is -2.26. The summed E-state index contributed by atoms with van der Waals surface area (Å²) < 4.78 is 32.7. The minimum absolute atomic E-state index is 0.0626. The van der Waals surface area contributed by atoms with Gasteiger partial charge in [-0.15, -0.1) is 0 Å². The maximum Gasteiger partial charge on any atom is 0.246 e. The summed E-state index contributed by atoms with van der Waals surface area (Å²) in [5.74, 6) is 0.104. The van der Waals surface area contributed by atoms with Gasteiger partial charge in [0.15, 0.2) is 5.16 Å². The number of carbonyl (C=O) groups excluding carboxylic acids is 1. The Hall–Kier alpha value is -2.11. The predicted molar refractivity (Wildman–Crippen MR) is 101 cm³/mol. The third kappa shape index (κ3) is 4.79. The average Bonchev–Trinajstić information content (AvgIpc) is 3.21. The van der Waals surface area contributed by atoms with Gasteiger partial charge in [0, 0.05) is 18.8 Å². The molecule has 1 aromatic carbocycles. The molecule has 2 N–H and O–H groups in total. The molecule has 1 saturated heterocycles. The van der Waals surface area contributed by atoms with Gasteiger partial charge in [0.2, 0.25) is 15.9 Å². The van der Waals surface area contributed by atoms with Crippen molar-refractivity contribution in [3.05, 3.63) is 24.5 Å². The van der Waals surface area contributed by atoms with Gasteiger partial charge in [-0.2, -0.15) is 9.40 Å². The van der Waals surface area contributed by atoms with E-state index in [1.165, 1.54) is 35.6 Å². The number of hydrogen-bond donors (Lipinski definition) is 2. The zero-order valence-corrected chi connectivity index (χ0v) is 16.5. The molecule has 1 fully saturated rings. The number of hydrogen-bond acceptors (Lipinski definition) is 7. The van der Waals surface area contributed by atoms with E-state index in [1.54, 1.807) is 12.1 Å². The Bertz CT molecular complexity index is 880. The van der Waals surface area contributed by atoms with E-state index in [0.717, 1.165) is 19.3 Å². The Labute approximate surface area is 161 Å². The topological polar surface area (TPSA) is 117 Å². The van der Waals surface area contributed by atoms with Gasteiger partial charge in [0.1, 0.15) is 17.0 Å². The first-order valence-corrected chi connectivity index (χ1v) is 10.9. The molecule has 0 unspecified atom stereocenters. The van der Waals surface area contributed by atoms with Crippen molar-refractivity contribution in [1.29, 1.82) is 0 Å². The molecule has 1 aliphatic rings. The number of H-pyrrole nitrogens is 1. The van der Waals surface area contributed by atoms with Gasteiger partial charge in [0.25, 0.3) is 0 Å². The number of sulfonamides is 1. The van der Waals surface area contributed by atoms with Crippen LogP contribution in [-0.4, -0.2) is 59.8 Å². The summed E-state index contributed by atoms with van der Waals surface area (Å²) in [5, 5.41) is 9.62. The molecular weight excluding hydrogens is 390 g/mol. The van der Waals surface area contributed by atoms with E-state index in [-0.39, 0.29) is 22.3 Å². The molecule has 2 aromatic rings. The lowest BCUT2D eigenvalue weighted by atomic mass is 10.2. The summed E-state index contributed by atoms with van der Waals surface area (Å²) in [4.78, 5) is 16.1. The molecule has 3 rings (SSSR count). The standard InChI is InChI=1S/C16H21N5O4S2/c1-25-13-6-5-12(19-15(22)10-26-16-17-11-18-20-16)9-14(13)27(23,24)21-7-3-2-4-8-21/h5-6,9,11H,2-4,7-8,10H2,1H3,(H,19,22)(H,17,18,20). The number of thioether (sulfide) groups is 1. The number of rotatable bonds is 7. The lowest BCUT2D eigenvalue weighted by molar-refractivity contribution is -0.113. The second kappa shape index (κ2) is 8.72. The van der Waals surface area contributed by atoms with Crippen molar-refractivity contribution in [3.8, 4) is 5.75 Å². The van der Waals surface area contributed by atoms with Crippen molar-refractivity contribution < 1.29 is 17.9 Å². The monoisotopic (exact) mass is 411 g/mol. The first-order valence-electron chi connectivity index (χ1n) is 8.47. The van der Waals surface area contributed by atoms with Crippen molar-refractivity contribution in [2.45, 2.75) is 29.3 Å². The first kappa shape index (κ1) is 19.6. The molecule has 0 radical (unpaired) electrons. The van der Waals surface area contributed by atoms with Crippen LogP contribution in [0.25, 0.3) is 0 Å². The molecular formula is C16H21N5O4S2. The molecule has 0 aliphatic carbocycles. The normalized spacial score (nSPS) is 15.4. The predicted octanol–water partition coefficient (Wildman–Crippen LogP) is 1.72. The van der Waals surface area contributed by atoms with E-state index in [9.17, 15) is 13.2 Å². The Morgan fingerprint density at radius 2 is 2.11 bits per heavy atom. The van der Waals surface area contributed by atoms with Gasteiger partial charge in [-0.1, -0.05) is 18.2 Å². The van der Waals surface area contributed by atoms with Crippen LogP contribution in [0.2, 0.25) is 0 Å². The van der Waals surface area contributed by atoms with Crippen molar-refractivity contribution in [1.82, 2.24) is 19.5 Å². The summed E-state index contributed by atoms with van der Waals surface area (Å²) in [7, 11) is -2.25. The first-order chi connectivity index (χ1) is 13.0. The Balaban J connectivity index is 1.75. The average molecular weight is 412 g/mol. The van der Waals surface area contributed by atoms with E-state index in [2.05, 4.69) is 20.5 Å². The van der Waals surface area contributed by atoms with Crippen LogP contribution in [0.5, 0.6) is 5.75 Å². The quantitative estimate of drug-likeness (QED) is 0.666. The van der Waals surface area contributed by atoms with Gasteiger partial charge in [-0.05, 0) is 31.0 Å². The number of aromatic nitrogens is 3.